The molecule has 0 saturated carbocycles. The third kappa shape index (κ3) is 11.9. The van der Waals surface area contributed by atoms with E-state index < -0.39 is 0 Å². The first-order valence-electron chi connectivity index (χ1n) is 5.83. The molecule has 86 valence electrons. The van der Waals surface area contributed by atoms with Crippen molar-refractivity contribution in [2.45, 2.75) is 41.0 Å². The van der Waals surface area contributed by atoms with E-state index in [1.807, 2.05) is 0 Å². The molecule has 0 heterocycles. The van der Waals surface area contributed by atoms with Gasteiger partial charge in [-0.15, -0.1) is 0 Å². The lowest BCUT2D eigenvalue weighted by molar-refractivity contribution is 0.377. The van der Waals surface area contributed by atoms with Crippen molar-refractivity contribution in [1.82, 2.24) is 10.6 Å². The van der Waals surface area contributed by atoms with Crippen molar-refractivity contribution in [3.05, 3.63) is 0 Å². The topological polar surface area (TPSA) is 24.1 Å². The summed E-state index contributed by atoms with van der Waals surface area (Å²) in [5, 5.41) is 6.92. The Morgan fingerprint density at radius 3 is 2.07 bits per heavy atom. The van der Waals surface area contributed by atoms with Crippen LogP contribution in [0.2, 0.25) is 0 Å². The van der Waals surface area contributed by atoms with Gasteiger partial charge in [-0.1, -0.05) is 34.6 Å². The molecular weight excluding hydrogens is 172 g/mol. The molecule has 0 fully saturated rings. The van der Waals surface area contributed by atoms with Gasteiger partial charge in [0.15, 0.2) is 0 Å². The first kappa shape index (κ1) is 13.9. The smallest absolute Gasteiger partial charge is 0.0000116 e. The van der Waals surface area contributed by atoms with Crippen LogP contribution in [0.15, 0.2) is 0 Å². The van der Waals surface area contributed by atoms with Gasteiger partial charge in [0.05, 0.1) is 0 Å². The molecule has 0 aliphatic rings. The van der Waals surface area contributed by atoms with Gasteiger partial charge in [-0.2, -0.15) is 0 Å². The number of hydrogen-bond donors (Lipinski definition) is 2. The Balaban J connectivity index is 3.07. The van der Waals surface area contributed by atoms with Gasteiger partial charge in [0.1, 0.15) is 0 Å². The highest BCUT2D eigenvalue weighted by molar-refractivity contribution is 4.64. The minimum absolute atomic E-state index is 0.408. The normalized spacial score (nSPS) is 12.4. The Hall–Kier alpha value is -0.0800. The molecule has 0 unspecified atom stereocenters. The third-order valence-corrected chi connectivity index (χ3v) is 1.92. The van der Waals surface area contributed by atoms with Crippen LogP contribution < -0.4 is 10.6 Å². The van der Waals surface area contributed by atoms with Crippen molar-refractivity contribution in [3.63, 3.8) is 0 Å². The van der Waals surface area contributed by atoms with Crippen LogP contribution in [-0.2, 0) is 0 Å². The van der Waals surface area contributed by atoms with Gasteiger partial charge in [0.25, 0.3) is 0 Å². The molecule has 0 amide bonds. The molecule has 0 aromatic heterocycles. The van der Waals surface area contributed by atoms with Crippen LogP contribution in [0, 0.1) is 11.3 Å². The van der Waals surface area contributed by atoms with Crippen LogP contribution in [0.5, 0.6) is 0 Å². The van der Waals surface area contributed by atoms with Crippen molar-refractivity contribution < 1.29 is 0 Å². The molecule has 0 aliphatic heterocycles. The van der Waals surface area contributed by atoms with E-state index in [1.165, 1.54) is 6.42 Å². The van der Waals surface area contributed by atoms with Crippen molar-refractivity contribution in [2.75, 3.05) is 26.2 Å². The molecule has 0 spiro atoms. The Bertz CT molecular complexity index is 125. The maximum Gasteiger partial charge on any atom is -0.0000116 e. The van der Waals surface area contributed by atoms with Gasteiger partial charge in [-0.3, -0.25) is 0 Å². The molecule has 2 N–H and O–H groups in total. The minimum atomic E-state index is 0.408. The first-order chi connectivity index (χ1) is 6.42. The van der Waals surface area contributed by atoms with Gasteiger partial charge in [-0.25, -0.2) is 0 Å². The highest BCUT2D eigenvalue weighted by Gasteiger charge is 2.07. The maximum atomic E-state index is 3.47. The monoisotopic (exact) mass is 200 g/mol. The van der Waals surface area contributed by atoms with E-state index in [1.54, 1.807) is 0 Å². The first-order valence-corrected chi connectivity index (χ1v) is 5.83. The molecule has 0 radical (unpaired) electrons. The molecule has 2 heteroatoms. The summed E-state index contributed by atoms with van der Waals surface area (Å²) in [6, 6.07) is 0. The Kier molecular flexibility index (Phi) is 7.20. The molecule has 0 aromatic rings. The predicted octanol–water partition coefficient (Wildman–Crippen LogP) is 2.26. The van der Waals surface area contributed by atoms with Crippen molar-refractivity contribution in [1.29, 1.82) is 0 Å². The lowest BCUT2D eigenvalue weighted by Crippen LogP contribution is -2.30. The van der Waals surface area contributed by atoms with Crippen LogP contribution in [0.3, 0.4) is 0 Å². The summed E-state index contributed by atoms with van der Waals surface area (Å²) in [6.45, 7) is 15.8. The van der Waals surface area contributed by atoms with Crippen LogP contribution >= 0.6 is 0 Å². The summed E-state index contributed by atoms with van der Waals surface area (Å²) >= 11 is 0. The fraction of sp³-hybridized carbons (Fsp3) is 1.00. The zero-order valence-corrected chi connectivity index (χ0v) is 10.6. The van der Waals surface area contributed by atoms with E-state index in [0.717, 1.165) is 32.1 Å². The summed E-state index contributed by atoms with van der Waals surface area (Å²) in [5.74, 6) is 0.762. The Morgan fingerprint density at radius 1 is 1.00 bits per heavy atom. The fourth-order valence-electron chi connectivity index (χ4n) is 1.19. The van der Waals surface area contributed by atoms with E-state index in [9.17, 15) is 0 Å². The zero-order valence-electron chi connectivity index (χ0n) is 10.6. The molecule has 14 heavy (non-hydrogen) atoms. The summed E-state index contributed by atoms with van der Waals surface area (Å²) in [7, 11) is 0. The molecule has 2 nitrogen and oxygen atoms in total. The van der Waals surface area contributed by atoms with E-state index in [0.29, 0.717) is 5.41 Å². The number of nitrogens with one attached hydrogen (secondary N) is 2. The lowest BCUT2D eigenvalue weighted by Gasteiger charge is -2.18. The SMILES string of the molecule is CC(C)CNCCCNCC(C)(C)C. The molecule has 0 rings (SSSR count). The lowest BCUT2D eigenvalue weighted by atomic mass is 9.97. The molecule has 0 saturated heterocycles. The van der Waals surface area contributed by atoms with Crippen molar-refractivity contribution >= 4 is 0 Å². The average molecular weight is 200 g/mol. The largest absolute Gasteiger partial charge is 0.316 e. The Labute approximate surface area is 89.9 Å². The van der Waals surface area contributed by atoms with E-state index in [-0.39, 0.29) is 0 Å². The van der Waals surface area contributed by atoms with E-state index in [2.05, 4.69) is 45.3 Å². The average Bonchev–Trinajstić information content (AvgIpc) is 2.00. The highest BCUT2D eigenvalue weighted by atomic mass is 14.9. The van der Waals surface area contributed by atoms with E-state index in [4.69, 9.17) is 0 Å². The molecule has 0 atom stereocenters. The van der Waals surface area contributed by atoms with E-state index >= 15 is 0 Å². The summed E-state index contributed by atoms with van der Waals surface area (Å²) < 4.78 is 0. The number of hydrogen-bond acceptors (Lipinski definition) is 2. The van der Waals surface area contributed by atoms with Crippen molar-refractivity contribution in [2.24, 2.45) is 11.3 Å². The number of rotatable bonds is 7. The van der Waals surface area contributed by atoms with Crippen LogP contribution in [-0.4, -0.2) is 26.2 Å². The second-order valence-corrected chi connectivity index (χ2v) is 5.69. The summed E-state index contributed by atoms with van der Waals surface area (Å²) in [4.78, 5) is 0. The van der Waals surface area contributed by atoms with Gasteiger partial charge in [0.2, 0.25) is 0 Å². The third-order valence-electron chi connectivity index (χ3n) is 1.92. The second-order valence-electron chi connectivity index (χ2n) is 5.69. The standard InChI is InChI=1S/C12H28N2/c1-11(2)9-13-7-6-8-14-10-12(3,4)5/h11,13-14H,6-10H2,1-5H3. The minimum Gasteiger partial charge on any atom is -0.316 e. The summed E-state index contributed by atoms with van der Waals surface area (Å²) in [6.07, 6.45) is 1.23. The fourth-order valence-corrected chi connectivity index (χ4v) is 1.19. The quantitative estimate of drug-likeness (QED) is 0.616. The Morgan fingerprint density at radius 2 is 1.57 bits per heavy atom. The van der Waals surface area contributed by atoms with Gasteiger partial charge in [-0.05, 0) is 43.9 Å². The molecular formula is C12H28N2. The predicted molar refractivity (Wildman–Crippen MR) is 64.6 cm³/mol. The maximum absolute atomic E-state index is 3.47. The molecule has 0 bridgehead atoms. The van der Waals surface area contributed by atoms with Gasteiger partial charge in [0, 0.05) is 0 Å². The second kappa shape index (κ2) is 7.24. The molecule has 0 aromatic carbocycles. The zero-order chi connectivity index (χ0) is 11.0. The van der Waals surface area contributed by atoms with Gasteiger partial charge < -0.3 is 10.6 Å². The van der Waals surface area contributed by atoms with Crippen molar-refractivity contribution in [3.8, 4) is 0 Å². The van der Waals surface area contributed by atoms with Crippen LogP contribution in [0.25, 0.3) is 0 Å². The van der Waals surface area contributed by atoms with Gasteiger partial charge >= 0.3 is 0 Å². The van der Waals surface area contributed by atoms with Crippen LogP contribution in [0.4, 0.5) is 0 Å². The van der Waals surface area contributed by atoms with Crippen LogP contribution in [0.1, 0.15) is 41.0 Å². The highest BCUT2D eigenvalue weighted by Crippen LogP contribution is 2.09. The molecule has 0 aliphatic carbocycles. The summed E-state index contributed by atoms with van der Waals surface area (Å²) in [5.41, 5.74) is 0.408.